The van der Waals surface area contributed by atoms with Gasteiger partial charge in [0.2, 0.25) is 11.8 Å². The van der Waals surface area contributed by atoms with Crippen molar-refractivity contribution >= 4 is 23.2 Å². The molecular formula is C23H22F4N4O3. The van der Waals surface area contributed by atoms with E-state index in [1.165, 1.54) is 18.2 Å². The lowest BCUT2D eigenvalue weighted by Crippen LogP contribution is -2.18. The second kappa shape index (κ2) is 10.4. The van der Waals surface area contributed by atoms with E-state index in [0.29, 0.717) is 24.6 Å². The summed E-state index contributed by atoms with van der Waals surface area (Å²) in [4.78, 5) is 28.6. The fourth-order valence-corrected chi connectivity index (χ4v) is 2.99. The molecule has 0 aliphatic carbocycles. The van der Waals surface area contributed by atoms with Gasteiger partial charge >= 0.3 is 6.18 Å². The Morgan fingerprint density at radius 1 is 1.06 bits per heavy atom. The fourth-order valence-electron chi connectivity index (χ4n) is 2.99. The van der Waals surface area contributed by atoms with Gasteiger partial charge in [0.05, 0.1) is 11.3 Å². The number of benzene rings is 2. The molecule has 0 bridgehead atoms. The monoisotopic (exact) mass is 478 g/mol. The summed E-state index contributed by atoms with van der Waals surface area (Å²) in [6.45, 7) is 3.81. The Kier molecular flexibility index (Phi) is 7.64. The second-order valence-corrected chi connectivity index (χ2v) is 7.82. The van der Waals surface area contributed by atoms with Crippen molar-refractivity contribution in [3.8, 4) is 0 Å². The van der Waals surface area contributed by atoms with E-state index in [1.807, 2.05) is 13.8 Å². The van der Waals surface area contributed by atoms with Gasteiger partial charge in [0.1, 0.15) is 5.82 Å². The topological polar surface area (TPSA) is 97.1 Å². The van der Waals surface area contributed by atoms with Crippen molar-refractivity contribution in [3.63, 3.8) is 0 Å². The number of nitrogens with zero attached hydrogens (tertiary/aromatic N) is 2. The van der Waals surface area contributed by atoms with Gasteiger partial charge in [0, 0.05) is 30.0 Å². The number of anilines is 2. The lowest BCUT2D eigenvalue weighted by molar-refractivity contribution is -0.136. The third kappa shape index (κ3) is 6.63. The zero-order valence-corrected chi connectivity index (χ0v) is 18.4. The third-order valence-corrected chi connectivity index (χ3v) is 4.76. The van der Waals surface area contributed by atoms with Crippen LogP contribution in [-0.2, 0) is 17.4 Å². The molecule has 0 unspecified atom stereocenters. The van der Waals surface area contributed by atoms with Crippen LogP contribution in [0.4, 0.5) is 28.9 Å². The zero-order chi connectivity index (χ0) is 24.9. The van der Waals surface area contributed by atoms with Crippen LogP contribution in [0.2, 0.25) is 0 Å². The summed E-state index contributed by atoms with van der Waals surface area (Å²) in [7, 11) is 0. The summed E-state index contributed by atoms with van der Waals surface area (Å²) < 4.78 is 58.9. The van der Waals surface area contributed by atoms with Gasteiger partial charge in [-0.15, -0.1) is 0 Å². The number of hydrogen-bond acceptors (Lipinski definition) is 5. The first-order valence-electron chi connectivity index (χ1n) is 10.4. The molecule has 0 aliphatic rings. The van der Waals surface area contributed by atoms with Crippen LogP contribution in [0.1, 0.15) is 60.2 Å². The third-order valence-electron chi connectivity index (χ3n) is 4.76. The van der Waals surface area contributed by atoms with Crippen LogP contribution in [0.25, 0.3) is 0 Å². The molecule has 11 heteroatoms. The fraction of sp³-hybridized carbons (Fsp3) is 0.304. The lowest BCUT2D eigenvalue weighted by atomic mass is 10.1. The first-order valence-corrected chi connectivity index (χ1v) is 10.4. The highest BCUT2D eigenvalue weighted by atomic mass is 19.4. The van der Waals surface area contributed by atoms with E-state index in [9.17, 15) is 27.2 Å². The van der Waals surface area contributed by atoms with Gasteiger partial charge in [-0.3, -0.25) is 9.59 Å². The Balaban J connectivity index is 1.64. The molecule has 0 saturated heterocycles. The molecule has 0 radical (unpaired) electrons. The first kappa shape index (κ1) is 24.9. The Morgan fingerprint density at radius 3 is 2.38 bits per heavy atom. The molecule has 3 rings (SSSR count). The highest BCUT2D eigenvalue weighted by molar-refractivity contribution is 6.04. The van der Waals surface area contributed by atoms with Gasteiger partial charge in [-0.05, 0) is 48.9 Å². The minimum Gasteiger partial charge on any atom is -0.339 e. The van der Waals surface area contributed by atoms with E-state index >= 15 is 0 Å². The van der Waals surface area contributed by atoms with Crippen molar-refractivity contribution in [2.75, 3.05) is 10.6 Å². The summed E-state index contributed by atoms with van der Waals surface area (Å²) in [6, 6.07) is 7.57. The molecule has 0 atom stereocenters. The molecule has 180 valence electrons. The number of aryl methyl sites for hydroxylation is 1. The second-order valence-electron chi connectivity index (χ2n) is 7.82. The highest BCUT2D eigenvalue weighted by Crippen LogP contribution is 2.36. The van der Waals surface area contributed by atoms with Gasteiger partial charge in [0.25, 0.3) is 5.91 Å². The Morgan fingerprint density at radius 2 is 1.76 bits per heavy atom. The molecule has 34 heavy (non-hydrogen) atoms. The van der Waals surface area contributed by atoms with E-state index in [0.717, 1.165) is 24.3 Å². The lowest BCUT2D eigenvalue weighted by Gasteiger charge is -2.16. The molecule has 0 fully saturated rings. The number of aromatic nitrogens is 2. The minimum atomic E-state index is -4.78. The Bertz CT molecular complexity index is 1160. The molecule has 0 aliphatic heterocycles. The molecule has 1 heterocycles. The van der Waals surface area contributed by atoms with Crippen molar-refractivity contribution in [2.24, 2.45) is 0 Å². The molecule has 1 aromatic heterocycles. The van der Waals surface area contributed by atoms with Gasteiger partial charge in [-0.2, -0.15) is 18.2 Å². The van der Waals surface area contributed by atoms with Gasteiger partial charge in [-0.1, -0.05) is 19.0 Å². The summed E-state index contributed by atoms with van der Waals surface area (Å²) in [5.41, 5.74) is -1.60. The first-order chi connectivity index (χ1) is 16.0. The van der Waals surface area contributed by atoms with Crippen molar-refractivity contribution in [2.45, 2.75) is 45.2 Å². The average Bonchev–Trinajstić information content (AvgIpc) is 3.24. The zero-order valence-electron chi connectivity index (χ0n) is 18.4. The van der Waals surface area contributed by atoms with E-state index in [-0.39, 0.29) is 23.6 Å². The number of amides is 2. The number of nitrogens with one attached hydrogen (secondary N) is 2. The molecule has 0 spiro atoms. The molecule has 2 amide bonds. The summed E-state index contributed by atoms with van der Waals surface area (Å²) in [6.07, 6.45) is -4.22. The number of carbonyl (C=O) groups is 2. The quantitative estimate of drug-likeness (QED) is 0.413. The highest BCUT2D eigenvalue weighted by Gasteiger charge is 2.34. The summed E-state index contributed by atoms with van der Waals surface area (Å²) in [5.74, 6) is -0.878. The number of carbonyl (C=O) groups excluding carboxylic acids is 2. The van der Waals surface area contributed by atoms with E-state index < -0.39 is 35.1 Å². The van der Waals surface area contributed by atoms with Crippen LogP contribution in [0.15, 0.2) is 47.0 Å². The van der Waals surface area contributed by atoms with Crippen molar-refractivity contribution in [3.05, 3.63) is 71.1 Å². The van der Waals surface area contributed by atoms with E-state index in [1.54, 1.807) is 0 Å². The van der Waals surface area contributed by atoms with Crippen LogP contribution in [0.3, 0.4) is 0 Å². The van der Waals surface area contributed by atoms with Crippen LogP contribution in [0.5, 0.6) is 0 Å². The Labute approximate surface area is 192 Å². The predicted molar refractivity (Wildman–Crippen MR) is 116 cm³/mol. The largest absolute Gasteiger partial charge is 0.418 e. The van der Waals surface area contributed by atoms with Gasteiger partial charge in [-0.25, -0.2) is 4.39 Å². The normalized spacial score (nSPS) is 11.5. The predicted octanol–water partition coefficient (Wildman–Crippen LogP) is 5.56. The maximum absolute atomic E-state index is 13.6. The smallest absolute Gasteiger partial charge is 0.339 e. The standard InChI is InChI=1S/C23H22F4N4O3/c1-13(2)21-30-20(34-31-21)5-3-4-19(32)29-18-11-10-16(12-17(18)23(25,26)27)28-22(33)14-6-8-15(24)9-7-14/h6-13H,3-5H2,1-2H3,(H,28,33)(H,29,32). The molecular weight excluding hydrogens is 456 g/mol. The van der Waals surface area contributed by atoms with Crippen molar-refractivity contribution < 1.29 is 31.7 Å². The molecule has 7 nitrogen and oxygen atoms in total. The number of hydrogen-bond donors (Lipinski definition) is 2. The van der Waals surface area contributed by atoms with Gasteiger partial charge in [0.15, 0.2) is 5.82 Å². The number of rotatable bonds is 8. The number of alkyl halides is 3. The summed E-state index contributed by atoms with van der Waals surface area (Å²) >= 11 is 0. The Hall–Kier alpha value is -3.76. The molecule has 2 N–H and O–H groups in total. The summed E-state index contributed by atoms with van der Waals surface area (Å²) in [5, 5.41) is 8.41. The maximum atomic E-state index is 13.6. The SMILES string of the molecule is CC(C)c1noc(CCCC(=O)Nc2ccc(NC(=O)c3ccc(F)cc3)cc2C(F)(F)F)n1. The molecule has 0 saturated carbocycles. The molecule has 2 aromatic carbocycles. The van der Waals surface area contributed by atoms with Gasteiger partial charge < -0.3 is 15.2 Å². The maximum Gasteiger partial charge on any atom is 0.418 e. The molecule has 3 aromatic rings. The van der Waals surface area contributed by atoms with Crippen LogP contribution >= 0.6 is 0 Å². The van der Waals surface area contributed by atoms with Crippen LogP contribution < -0.4 is 10.6 Å². The van der Waals surface area contributed by atoms with Crippen molar-refractivity contribution in [1.82, 2.24) is 10.1 Å². The van der Waals surface area contributed by atoms with Crippen LogP contribution in [0, 0.1) is 5.82 Å². The minimum absolute atomic E-state index is 0.0558. The number of halogens is 4. The average molecular weight is 478 g/mol. The van der Waals surface area contributed by atoms with Crippen molar-refractivity contribution in [1.29, 1.82) is 0 Å². The van der Waals surface area contributed by atoms with E-state index in [2.05, 4.69) is 20.8 Å². The van der Waals surface area contributed by atoms with Crippen LogP contribution in [-0.4, -0.2) is 22.0 Å². The van der Waals surface area contributed by atoms with E-state index in [4.69, 9.17) is 4.52 Å².